The molecule has 1 fully saturated rings. The molecular formula is C18H21FN4O2. The first-order valence-corrected chi connectivity index (χ1v) is 8.39. The lowest BCUT2D eigenvalue weighted by Crippen LogP contribution is -2.27. The first-order valence-electron chi connectivity index (χ1n) is 8.39. The zero-order valence-electron chi connectivity index (χ0n) is 14.0. The molecule has 1 aliphatic rings. The van der Waals surface area contributed by atoms with E-state index in [4.69, 9.17) is 0 Å². The lowest BCUT2D eigenvalue weighted by Gasteiger charge is -2.12. The topological polar surface area (TPSA) is 76.0 Å². The van der Waals surface area contributed by atoms with Gasteiger partial charge < -0.3 is 15.2 Å². The van der Waals surface area contributed by atoms with Gasteiger partial charge in [-0.25, -0.2) is 9.37 Å². The highest BCUT2D eigenvalue weighted by atomic mass is 19.1. The molecule has 0 spiro atoms. The number of halogens is 1. The monoisotopic (exact) mass is 344 g/mol. The van der Waals surface area contributed by atoms with Crippen LogP contribution < -0.4 is 10.6 Å². The van der Waals surface area contributed by atoms with E-state index in [0.717, 1.165) is 25.5 Å². The second-order valence-corrected chi connectivity index (χ2v) is 6.41. The van der Waals surface area contributed by atoms with Crippen LogP contribution >= 0.6 is 0 Å². The van der Waals surface area contributed by atoms with Crippen LogP contribution in [0.15, 0.2) is 36.9 Å². The molecule has 2 aromatic rings. The van der Waals surface area contributed by atoms with Crippen LogP contribution in [0.1, 0.15) is 30.1 Å². The molecule has 2 N–H and O–H groups in total. The molecule has 3 rings (SSSR count). The van der Waals surface area contributed by atoms with Crippen LogP contribution in [-0.4, -0.2) is 27.9 Å². The third-order valence-electron chi connectivity index (χ3n) is 4.37. The molecule has 7 heteroatoms. The highest BCUT2D eigenvalue weighted by molar-refractivity contribution is 6.04. The summed E-state index contributed by atoms with van der Waals surface area (Å²) < 4.78 is 15.5. The van der Waals surface area contributed by atoms with Crippen molar-refractivity contribution in [2.24, 2.45) is 11.8 Å². The summed E-state index contributed by atoms with van der Waals surface area (Å²) in [6, 6.07) is 3.82. The Hall–Kier alpha value is -2.70. The molecule has 1 heterocycles. The summed E-state index contributed by atoms with van der Waals surface area (Å²) in [5.41, 5.74) is 0.488. The highest BCUT2D eigenvalue weighted by Crippen LogP contribution is 2.38. The number of hydrogen-bond acceptors (Lipinski definition) is 3. The fourth-order valence-electron chi connectivity index (χ4n) is 2.70. The van der Waals surface area contributed by atoms with E-state index in [1.807, 2.05) is 17.7 Å². The van der Waals surface area contributed by atoms with Crippen molar-refractivity contribution < 1.29 is 14.0 Å². The Labute approximate surface area is 145 Å². The number of rotatable bonds is 7. The molecule has 1 aromatic carbocycles. The van der Waals surface area contributed by atoms with Crippen LogP contribution in [0.25, 0.3) is 0 Å². The van der Waals surface area contributed by atoms with Gasteiger partial charge in [0.25, 0.3) is 5.91 Å². The van der Waals surface area contributed by atoms with Crippen molar-refractivity contribution >= 4 is 17.5 Å². The van der Waals surface area contributed by atoms with Crippen molar-refractivity contribution in [1.82, 2.24) is 14.9 Å². The maximum atomic E-state index is 13.5. The number of hydrogen-bond donors (Lipinski definition) is 2. The smallest absolute Gasteiger partial charge is 0.253 e. The van der Waals surface area contributed by atoms with Crippen molar-refractivity contribution in [2.45, 2.75) is 26.3 Å². The standard InChI is InChI=1S/C18H21FN4O2/c1-12-9-14(12)18(25)22-16-4-3-13(19)10-15(16)17(24)21-5-2-7-23-8-6-20-11-23/h3-4,6,8,10-12,14H,2,5,7,9H2,1H3,(H,21,24)(H,22,25)/t12-,14+/m1/s1. The van der Waals surface area contributed by atoms with E-state index < -0.39 is 11.7 Å². The number of carbonyl (C=O) groups is 2. The predicted molar refractivity (Wildman–Crippen MR) is 91.5 cm³/mol. The van der Waals surface area contributed by atoms with Gasteiger partial charge in [-0.15, -0.1) is 0 Å². The van der Waals surface area contributed by atoms with Gasteiger partial charge in [0.05, 0.1) is 17.6 Å². The zero-order valence-corrected chi connectivity index (χ0v) is 14.0. The van der Waals surface area contributed by atoms with Crippen molar-refractivity contribution in [3.8, 4) is 0 Å². The van der Waals surface area contributed by atoms with Crippen LogP contribution in [0.4, 0.5) is 10.1 Å². The Kier molecular flexibility index (Phi) is 5.11. The van der Waals surface area contributed by atoms with E-state index in [2.05, 4.69) is 15.6 Å². The van der Waals surface area contributed by atoms with E-state index in [9.17, 15) is 14.0 Å². The summed E-state index contributed by atoms with van der Waals surface area (Å²) >= 11 is 0. The van der Waals surface area contributed by atoms with Crippen molar-refractivity contribution in [3.63, 3.8) is 0 Å². The van der Waals surface area contributed by atoms with Gasteiger partial charge in [-0.1, -0.05) is 6.92 Å². The Bertz CT molecular complexity index is 760. The molecule has 2 atom stereocenters. The maximum absolute atomic E-state index is 13.5. The number of aryl methyl sites for hydroxylation is 1. The van der Waals surface area contributed by atoms with E-state index in [1.165, 1.54) is 12.1 Å². The quantitative estimate of drug-likeness (QED) is 0.758. The summed E-state index contributed by atoms with van der Waals surface area (Å²) in [6.45, 7) is 3.18. The third kappa shape index (κ3) is 4.43. The summed E-state index contributed by atoms with van der Waals surface area (Å²) in [5.74, 6) is -0.684. The SMILES string of the molecule is C[C@@H]1C[C@@H]1C(=O)Nc1ccc(F)cc1C(=O)NCCCn1ccnc1. The van der Waals surface area contributed by atoms with Gasteiger partial charge in [0, 0.05) is 31.4 Å². The Morgan fingerprint density at radius 2 is 2.20 bits per heavy atom. The van der Waals surface area contributed by atoms with Crippen LogP contribution in [0.3, 0.4) is 0 Å². The third-order valence-corrected chi connectivity index (χ3v) is 4.37. The molecule has 1 aliphatic carbocycles. The first kappa shape index (κ1) is 17.1. The van der Waals surface area contributed by atoms with Gasteiger partial charge in [0.15, 0.2) is 0 Å². The molecule has 0 bridgehead atoms. The summed E-state index contributed by atoms with van der Waals surface area (Å²) in [4.78, 5) is 28.4. The fourth-order valence-corrected chi connectivity index (χ4v) is 2.70. The minimum Gasteiger partial charge on any atom is -0.352 e. The van der Waals surface area contributed by atoms with Crippen LogP contribution in [-0.2, 0) is 11.3 Å². The number of aromatic nitrogens is 2. The van der Waals surface area contributed by atoms with Gasteiger partial charge in [0.1, 0.15) is 5.82 Å². The highest BCUT2D eigenvalue weighted by Gasteiger charge is 2.39. The molecule has 0 unspecified atom stereocenters. The number of benzene rings is 1. The molecule has 0 radical (unpaired) electrons. The second kappa shape index (κ2) is 7.46. The van der Waals surface area contributed by atoms with E-state index in [1.54, 1.807) is 12.5 Å². The predicted octanol–water partition coefficient (Wildman–Crippen LogP) is 2.44. The zero-order chi connectivity index (χ0) is 17.8. The normalized spacial score (nSPS) is 18.6. The molecule has 0 saturated heterocycles. The summed E-state index contributed by atoms with van der Waals surface area (Å²) in [7, 11) is 0. The minimum atomic E-state index is -0.513. The van der Waals surface area contributed by atoms with Crippen LogP contribution in [0.5, 0.6) is 0 Å². The van der Waals surface area contributed by atoms with Gasteiger partial charge in [-0.2, -0.15) is 0 Å². The Balaban J connectivity index is 1.58. The fraction of sp³-hybridized carbons (Fsp3) is 0.389. The van der Waals surface area contributed by atoms with Crippen molar-refractivity contribution in [2.75, 3.05) is 11.9 Å². The maximum Gasteiger partial charge on any atom is 0.253 e. The second-order valence-electron chi connectivity index (χ2n) is 6.41. The Morgan fingerprint density at radius 3 is 2.88 bits per heavy atom. The number of nitrogens with one attached hydrogen (secondary N) is 2. The average Bonchev–Trinajstić information content (AvgIpc) is 3.10. The van der Waals surface area contributed by atoms with Gasteiger partial charge in [0.2, 0.25) is 5.91 Å². The van der Waals surface area contributed by atoms with Crippen molar-refractivity contribution in [1.29, 1.82) is 0 Å². The first-order chi connectivity index (χ1) is 12.0. The number of amides is 2. The lowest BCUT2D eigenvalue weighted by atomic mass is 10.1. The van der Waals surface area contributed by atoms with Crippen LogP contribution in [0.2, 0.25) is 0 Å². The molecule has 6 nitrogen and oxygen atoms in total. The molecule has 0 aliphatic heterocycles. The lowest BCUT2D eigenvalue weighted by molar-refractivity contribution is -0.117. The van der Waals surface area contributed by atoms with E-state index in [0.29, 0.717) is 18.2 Å². The molecule has 25 heavy (non-hydrogen) atoms. The number of imidazole rings is 1. The number of anilines is 1. The van der Waals surface area contributed by atoms with Gasteiger partial charge >= 0.3 is 0 Å². The number of nitrogens with zero attached hydrogens (tertiary/aromatic N) is 2. The van der Waals surface area contributed by atoms with Crippen molar-refractivity contribution in [3.05, 3.63) is 48.3 Å². The van der Waals surface area contributed by atoms with Crippen LogP contribution in [0, 0.1) is 17.7 Å². The Morgan fingerprint density at radius 1 is 1.40 bits per heavy atom. The van der Waals surface area contributed by atoms with Gasteiger partial charge in [-0.05, 0) is 37.0 Å². The van der Waals surface area contributed by atoms with Gasteiger partial charge in [-0.3, -0.25) is 9.59 Å². The number of carbonyl (C=O) groups excluding carboxylic acids is 2. The summed E-state index contributed by atoms with van der Waals surface area (Å²) in [6.07, 6.45) is 6.82. The van der Waals surface area contributed by atoms with E-state index >= 15 is 0 Å². The molecular weight excluding hydrogens is 323 g/mol. The summed E-state index contributed by atoms with van der Waals surface area (Å²) in [5, 5.41) is 5.51. The molecule has 1 aromatic heterocycles. The largest absolute Gasteiger partial charge is 0.352 e. The van der Waals surface area contributed by atoms with E-state index in [-0.39, 0.29) is 17.4 Å². The average molecular weight is 344 g/mol. The minimum absolute atomic E-state index is 0.0175. The molecule has 2 amide bonds. The molecule has 132 valence electrons. The molecule has 1 saturated carbocycles.